The second-order valence-electron chi connectivity index (χ2n) is 7.78. The maximum Gasteiger partial charge on any atom is 0.301 e. The largest absolute Gasteiger partial charge is 0.507 e. The number of aromatic nitrogens is 1. The van der Waals surface area contributed by atoms with E-state index >= 15 is 0 Å². The molecule has 1 aromatic heterocycles. The molecule has 1 amide bonds. The van der Waals surface area contributed by atoms with Crippen molar-refractivity contribution in [3.63, 3.8) is 0 Å². The van der Waals surface area contributed by atoms with E-state index in [4.69, 9.17) is 9.47 Å². The number of Topliss-reactive ketones (excluding diaryl/α,β-unsaturated/α-hetero) is 1. The van der Waals surface area contributed by atoms with Gasteiger partial charge in [0.05, 0.1) is 36.1 Å². The van der Waals surface area contributed by atoms with Crippen molar-refractivity contribution in [3.8, 4) is 11.5 Å². The van der Waals surface area contributed by atoms with Gasteiger partial charge in [-0.25, -0.2) is 9.37 Å². The molecule has 1 aliphatic heterocycles. The number of hydrogen-bond donors (Lipinski definition) is 1. The lowest BCUT2D eigenvalue weighted by Gasteiger charge is -2.23. The maximum atomic E-state index is 13.8. The van der Waals surface area contributed by atoms with Crippen molar-refractivity contribution in [3.05, 3.63) is 89.2 Å². The third-order valence-electron chi connectivity index (χ3n) is 5.78. The number of amides is 1. The summed E-state index contributed by atoms with van der Waals surface area (Å²) >= 11 is 1.09. The van der Waals surface area contributed by atoms with Crippen molar-refractivity contribution in [2.24, 2.45) is 0 Å². The summed E-state index contributed by atoms with van der Waals surface area (Å²) in [7, 11) is 3.05. The predicted octanol–water partition coefficient (Wildman–Crippen LogP) is 5.08. The van der Waals surface area contributed by atoms with Gasteiger partial charge in [-0.15, -0.1) is 0 Å². The summed E-state index contributed by atoms with van der Waals surface area (Å²) in [4.78, 5) is 32.3. The molecule has 9 heteroatoms. The highest BCUT2D eigenvalue weighted by Gasteiger charge is 2.48. The number of hydrogen-bond acceptors (Lipinski definition) is 7. The number of ketones is 1. The third kappa shape index (κ3) is 3.89. The molecule has 2 heterocycles. The first-order chi connectivity index (χ1) is 16.9. The van der Waals surface area contributed by atoms with Gasteiger partial charge in [0.1, 0.15) is 23.1 Å². The number of benzene rings is 3. The first-order valence-electron chi connectivity index (χ1n) is 10.6. The number of halogens is 1. The molecule has 4 aromatic rings. The SMILES string of the molecule is COc1ccc(/C(O)=C2\C(=O)C(=O)N(c3nc4ccc(F)cc4s3)[C@@H]2c2ccc(OC)cc2)cc1. The zero-order valence-electron chi connectivity index (χ0n) is 18.7. The summed E-state index contributed by atoms with van der Waals surface area (Å²) in [5.41, 5.74) is 1.35. The van der Waals surface area contributed by atoms with E-state index in [1.807, 2.05) is 0 Å². The average molecular weight is 491 g/mol. The van der Waals surface area contributed by atoms with E-state index in [2.05, 4.69) is 4.98 Å². The van der Waals surface area contributed by atoms with E-state index in [1.165, 1.54) is 37.3 Å². The summed E-state index contributed by atoms with van der Waals surface area (Å²) in [5.74, 6) is -1.25. The topological polar surface area (TPSA) is 89.0 Å². The standard InChI is InChI=1S/C26H19FN2O5S/c1-33-17-8-3-14(4-9-17)22-21(23(30)15-5-10-18(34-2)11-6-15)24(31)25(32)29(22)26-28-19-12-7-16(27)13-20(19)35-26/h3-13,22,30H,1-2H3/b23-21+/t22-/m1/s1. The van der Waals surface area contributed by atoms with E-state index < -0.39 is 23.5 Å². The molecule has 176 valence electrons. The molecule has 1 saturated heterocycles. The van der Waals surface area contributed by atoms with E-state index in [1.54, 1.807) is 48.5 Å². The molecule has 7 nitrogen and oxygen atoms in total. The molecule has 0 unspecified atom stereocenters. The summed E-state index contributed by atoms with van der Waals surface area (Å²) in [5, 5.41) is 11.4. The maximum absolute atomic E-state index is 13.8. The van der Waals surface area contributed by atoms with Gasteiger partial charge in [0.15, 0.2) is 5.13 Å². The molecule has 0 spiro atoms. The van der Waals surface area contributed by atoms with Crippen LogP contribution in [0.4, 0.5) is 9.52 Å². The summed E-state index contributed by atoms with van der Waals surface area (Å²) in [6.07, 6.45) is 0. The fourth-order valence-electron chi connectivity index (χ4n) is 4.03. The lowest BCUT2D eigenvalue weighted by atomic mass is 9.95. The summed E-state index contributed by atoms with van der Waals surface area (Å²) < 4.78 is 24.7. The number of fused-ring (bicyclic) bond motifs is 1. The second kappa shape index (κ2) is 8.84. The molecule has 1 fully saturated rings. The normalized spacial score (nSPS) is 17.2. The van der Waals surface area contributed by atoms with Crippen LogP contribution in [0.1, 0.15) is 17.2 Å². The Morgan fingerprint density at radius 2 is 1.60 bits per heavy atom. The number of ether oxygens (including phenoxy) is 2. The quantitative estimate of drug-likeness (QED) is 0.239. The van der Waals surface area contributed by atoms with E-state index in [0.29, 0.717) is 32.8 Å². The molecular weight excluding hydrogens is 471 g/mol. The van der Waals surface area contributed by atoms with E-state index in [-0.39, 0.29) is 16.5 Å². The van der Waals surface area contributed by atoms with Crippen LogP contribution in [0, 0.1) is 5.82 Å². The van der Waals surface area contributed by atoms with Gasteiger partial charge >= 0.3 is 5.91 Å². The Morgan fingerprint density at radius 3 is 2.23 bits per heavy atom. The van der Waals surface area contributed by atoms with Crippen molar-refractivity contribution < 1.29 is 28.6 Å². The minimum absolute atomic E-state index is 0.0734. The van der Waals surface area contributed by atoms with Crippen molar-refractivity contribution in [1.82, 2.24) is 4.98 Å². The van der Waals surface area contributed by atoms with Crippen LogP contribution in [0.15, 0.2) is 72.3 Å². The minimum Gasteiger partial charge on any atom is -0.507 e. The third-order valence-corrected chi connectivity index (χ3v) is 6.80. The van der Waals surface area contributed by atoms with E-state index in [9.17, 15) is 19.1 Å². The fraction of sp³-hybridized carbons (Fsp3) is 0.115. The monoisotopic (exact) mass is 490 g/mol. The number of nitrogens with zero attached hydrogens (tertiary/aromatic N) is 2. The zero-order valence-corrected chi connectivity index (χ0v) is 19.5. The number of rotatable bonds is 5. The number of aliphatic hydroxyl groups excluding tert-OH is 1. The average Bonchev–Trinajstić information content (AvgIpc) is 3.41. The Bertz CT molecular complexity index is 1480. The van der Waals surface area contributed by atoms with Crippen LogP contribution in [-0.4, -0.2) is 36.0 Å². The minimum atomic E-state index is -0.951. The van der Waals surface area contributed by atoms with Crippen LogP contribution in [0.2, 0.25) is 0 Å². The Labute approximate surface area is 203 Å². The van der Waals surface area contributed by atoms with Gasteiger partial charge in [-0.3, -0.25) is 14.5 Å². The van der Waals surface area contributed by atoms with Crippen LogP contribution >= 0.6 is 11.3 Å². The highest BCUT2D eigenvalue weighted by atomic mass is 32.1. The molecule has 1 atom stereocenters. The molecule has 35 heavy (non-hydrogen) atoms. The van der Waals surface area contributed by atoms with Crippen LogP contribution in [-0.2, 0) is 9.59 Å². The Kier molecular flexibility index (Phi) is 5.70. The lowest BCUT2D eigenvalue weighted by Crippen LogP contribution is -2.29. The predicted molar refractivity (Wildman–Crippen MR) is 130 cm³/mol. The van der Waals surface area contributed by atoms with E-state index in [0.717, 1.165) is 11.3 Å². The van der Waals surface area contributed by atoms with Crippen LogP contribution in [0.5, 0.6) is 11.5 Å². The first-order valence-corrected chi connectivity index (χ1v) is 11.4. The Morgan fingerprint density at radius 1 is 0.971 bits per heavy atom. The lowest BCUT2D eigenvalue weighted by molar-refractivity contribution is -0.132. The number of methoxy groups -OCH3 is 2. The molecule has 1 N–H and O–H groups in total. The highest BCUT2D eigenvalue weighted by Crippen LogP contribution is 2.44. The number of carbonyl (C=O) groups is 2. The van der Waals surface area contributed by atoms with Gasteiger partial charge in [-0.2, -0.15) is 0 Å². The van der Waals surface area contributed by atoms with Gasteiger partial charge in [-0.1, -0.05) is 23.5 Å². The smallest absolute Gasteiger partial charge is 0.301 e. The van der Waals surface area contributed by atoms with Gasteiger partial charge < -0.3 is 14.6 Å². The molecule has 0 bridgehead atoms. The van der Waals surface area contributed by atoms with Crippen molar-refractivity contribution >= 4 is 44.1 Å². The number of anilines is 1. The van der Waals surface area contributed by atoms with Crippen molar-refractivity contribution in [1.29, 1.82) is 0 Å². The van der Waals surface area contributed by atoms with Crippen molar-refractivity contribution in [2.45, 2.75) is 6.04 Å². The molecule has 0 aliphatic carbocycles. The van der Waals surface area contributed by atoms with Crippen LogP contribution in [0.3, 0.4) is 0 Å². The highest BCUT2D eigenvalue weighted by molar-refractivity contribution is 7.22. The number of carbonyl (C=O) groups excluding carboxylic acids is 2. The Balaban J connectivity index is 1.70. The van der Waals surface area contributed by atoms with Crippen LogP contribution in [0.25, 0.3) is 16.0 Å². The summed E-state index contributed by atoms with van der Waals surface area (Å²) in [6, 6.07) is 16.5. The van der Waals surface area contributed by atoms with Crippen LogP contribution < -0.4 is 14.4 Å². The zero-order chi connectivity index (χ0) is 24.7. The molecule has 0 saturated carbocycles. The fourth-order valence-corrected chi connectivity index (χ4v) is 5.04. The number of aliphatic hydroxyl groups is 1. The van der Waals surface area contributed by atoms with Gasteiger partial charge in [0.2, 0.25) is 0 Å². The van der Waals surface area contributed by atoms with Gasteiger partial charge in [-0.05, 0) is 60.2 Å². The first kappa shape index (κ1) is 22.5. The molecule has 5 rings (SSSR count). The Hall–Kier alpha value is -4.24. The summed E-state index contributed by atoms with van der Waals surface area (Å²) in [6.45, 7) is 0. The molecule has 3 aromatic carbocycles. The molecular formula is C26H19FN2O5S. The van der Waals surface area contributed by atoms with Crippen molar-refractivity contribution in [2.75, 3.05) is 19.1 Å². The van der Waals surface area contributed by atoms with Gasteiger partial charge in [0, 0.05) is 5.56 Å². The second-order valence-corrected chi connectivity index (χ2v) is 8.79. The van der Waals surface area contributed by atoms with Gasteiger partial charge in [0.25, 0.3) is 5.78 Å². The number of thiazole rings is 1. The molecule has 1 aliphatic rings. The molecule has 0 radical (unpaired) electrons.